The molecular weight excluding hydrogens is 360 g/mol. The molecule has 1 aromatic heterocycles. The number of H-pyrrole nitrogens is 1. The molecule has 1 N–H and O–H groups in total. The van der Waals surface area contributed by atoms with Crippen LogP contribution < -0.4 is 4.90 Å². The lowest BCUT2D eigenvalue weighted by molar-refractivity contribution is 0.383. The molecule has 0 amide bonds. The minimum absolute atomic E-state index is 0.0500. The highest BCUT2D eigenvalue weighted by molar-refractivity contribution is 7.88. The molecule has 4 rings (SSSR count). The van der Waals surface area contributed by atoms with E-state index in [9.17, 15) is 8.42 Å². The summed E-state index contributed by atoms with van der Waals surface area (Å²) in [4.78, 5) is 2.12. The Balaban J connectivity index is 1.40. The predicted octanol–water partition coefficient (Wildman–Crippen LogP) is 2.73. The zero-order valence-electron chi connectivity index (χ0n) is 15.0. The van der Waals surface area contributed by atoms with Crippen molar-refractivity contribution < 1.29 is 8.42 Å². The second kappa shape index (κ2) is 7.54. The van der Waals surface area contributed by atoms with Gasteiger partial charge < -0.3 is 4.90 Å². The maximum absolute atomic E-state index is 12.7. The van der Waals surface area contributed by atoms with E-state index in [0.717, 1.165) is 22.6 Å². The van der Waals surface area contributed by atoms with E-state index < -0.39 is 10.0 Å². The lowest BCUT2D eigenvalue weighted by atomic mass is 10.1. The highest BCUT2D eigenvalue weighted by atomic mass is 32.2. The van der Waals surface area contributed by atoms with E-state index in [0.29, 0.717) is 26.2 Å². The number of aromatic nitrogens is 2. The second-order valence-corrected chi connectivity index (χ2v) is 8.60. The van der Waals surface area contributed by atoms with Gasteiger partial charge >= 0.3 is 0 Å². The van der Waals surface area contributed by atoms with Gasteiger partial charge in [0.2, 0.25) is 10.0 Å². The van der Waals surface area contributed by atoms with E-state index in [1.807, 2.05) is 66.7 Å². The molecule has 2 aromatic carbocycles. The largest absolute Gasteiger partial charge is 0.352 e. The third-order valence-electron chi connectivity index (χ3n) is 4.80. The highest BCUT2D eigenvalue weighted by Crippen LogP contribution is 2.23. The van der Waals surface area contributed by atoms with Crippen molar-refractivity contribution in [2.24, 2.45) is 0 Å². The first-order chi connectivity index (χ1) is 13.1. The number of benzene rings is 2. The molecule has 1 aliphatic heterocycles. The molecule has 0 unspecified atom stereocenters. The Kier molecular flexibility index (Phi) is 4.96. The molecule has 6 nitrogen and oxygen atoms in total. The first kappa shape index (κ1) is 17.8. The number of sulfonamides is 1. The van der Waals surface area contributed by atoms with Crippen molar-refractivity contribution in [3.8, 4) is 11.3 Å². The van der Waals surface area contributed by atoms with Crippen molar-refractivity contribution >= 4 is 15.8 Å². The average molecular weight is 382 g/mol. The van der Waals surface area contributed by atoms with E-state index >= 15 is 0 Å². The molecule has 27 heavy (non-hydrogen) atoms. The van der Waals surface area contributed by atoms with Crippen LogP contribution >= 0.6 is 0 Å². The van der Waals surface area contributed by atoms with Gasteiger partial charge in [-0.05, 0) is 11.1 Å². The molecule has 3 aromatic rings. The minimum atomic E-state index is -3.30. The van der Waals surface area contributed by atoms with Crippen LogP contribution in [0.25, 0.3) is 11.3 Å². The molecule has 140 valence electrons. The average Bonchev–Trinajstić information content (AvgIpc) is 3.19. The normalized spacial score (nSPS) is 15.8. The van der Waals surface area contributed by atoms with E-state index in [1.54, 1.807) is 4.31 Å². The van der Waals surface area contributed by atoms with E-state index in [4.69, 9.17) is 0 Å². The number of nitrogens with zero attached hydrogens (tertiary/aromatic N) is 3. The maximum Gasteiger partial charge on any atom is 0.218 e. The molecule has 2 heterocycles. The number of nitrogens with one attached hydrogen (secondary N) is 1. The Morgan fingerprint density at radius 1 is 0.889 bits per heavy atom. The van der Waals surface area contributed by atoms with Crippen molar-refractivity contribution in [1.29, 1.82) is 0 Å². The molecule has 0 bridgehead atoms. The smallest absolute Gasteiger partial charge is 0.218 e. The van der Waals surface area contributed by atoms with Gasteiger partial charge in [0.25, 0.3) is 0 Å². The van der Waals surface area contributed by atoms with Crippen LogP contribution in [0.5, 0.6) is 0 Å². The van der Waals surface area contributed by atoms with Crippen LogP contribution in [0, 0.1) is 0 Å². The zero-order valence-corrected chi connectivity index (χ0v) is 15.8. The molecule has 0 spiro atoms. The molecule has 0 atom stereocenters. The van der Waals surface area contributed by atoms with Crippen LogP contribution in [0.4, 0.5) is 5.82 Å². The summed E-state index contributed by atoms with van der Waals surface area (Å²) in [5.74, 6) is 0.906. The molecule has 0 radical (unpaired) electrons. The number of piperazine rings is 1. The highest BCUT2D eigenvalue weighted by Gasteiger charge is 2.28. The molecule has 1 aliphatic rings. The number of hydrogen-bond acceptors (Lipinski definition) is 4. The van der Waals surface area contributed by atoms with Crippen molar-refractivity contribution in [2.75, 3.05) is 31.1 Å². The van der Waals surface area contributed by atoms with Gasteiger partial charge in [-0.1, -0.05) is 60.7 Å². The summed E-state index contributed by atoms with van der Waals surface area (Å²) < 4.78 is 26.9. The van der Waals surface area contributed by atoms with Crippen LogP contribution in [-0.2, 0) is 15.8 Å². The maximum atomic E-state index is 12.7. The molecule has 1 fully saturated rings. The van der Waals surface area contributed by atoms with E-state index in [2.05, 4.69) is 15.1 Å². The van der Waals surface area contributed by atoms with Crippen molar-refractivity contribution in [1.82, 2.24) is 14.5 Å². The number of anilines is 1. The first-order valence-electron chi connectivity index (χ1n) is 8.99. The first-order valence-corrected chi connectivity index (χ1v) is 10.6. The summed E-state index contributed by atoms with van der Waals surface area (Å²) in [5, 5.41) is 7.47. The lowest BCUT2D eigenvalue weighted by Crippen LogP contribution is -2.49. The Bertz CT molecular complexity index is 979. The number of aromatic amines is 1. The van der Waals surface area contributed by atoms with Crippen LogP contribution in [0.2, 0.25) is 0 Å². The minimum Gasteiger partial charge on any atom is -0.352 e. The SMILES string of the molecule is O=S(=O)(Cc1ccccc1)N1CCN(c2cc(-c3ccccc3)[nH]n2)CC1. The summed E-state index contributed by atoms with van der Waals surface area (Å²) in [7, 11) is -3.30. The number of hydrogen-bond donors (Lipinski definition) is 1. The van der Waals surface area contributed by atoms with Gasteiger partial charge in [-0.3, -0.25) is 5.10 Å². The fraction of sp³-hybridized carbons (Fsp3) is 0.250. The van der Waals surface area contributed by atoms with Crippen molar-refractivity contribution in [3.63, 3.8) is 0 Å². The summed E-state index contributed by atoms with van der Waals surface area (Å²) >= 11 is 0. The van der Waals surface area contributed by atoms with Crippen molar-refractivity contribution in [2.45, 2.75) is 5.75 Å². The Morgan fingerprint density at radius 3 is 2.19 bits per heavy atom. The lowest BCUT2D eigenvalue weighted by Gasteiger charge is -2.34. The van der Waals surface area contributed by atoms with Crippen LogP contribution in [0.3, 0.4) is 0 Å². The van der Waals surface area contributed by atoms with E-state index in [-0.39, 0.29) is 5.75 Å². The zero-order chi connectivity index (χ0) is 18.7. The molecule has 1 saturated heterocycles. The second-order valence-electron chi connectivity index (χ2n) is 6.63. The van der Waals surface area contributed by atoms with Gasteiger partial charge in [0, 0.05) is 32.2 Å². The topological polar surface area (TPSA) is 69.3 Å². The summed E-state index contributed by atoms with van der Waals surface area (Å²) in [6.45, 7) is 2.21. The van der Waals surface area contributed by atoms with E-state index in [1.165, 1.54) is 0 Å². The summed E-state index contributed by atoms with van der Waals surface area (Å²) in [6, 6.07) is 21.4. The standard InChI is InChI=1S/C20H22N4O2S/c25-27(26,16-17-7-3-1-4-8-17)24-13-11-23(12-14-24)20-15-19(21-22-20)18-9-5-2-6-10-18/h1-10,15H,11-14,16H2,(H,21,22). The van der Waals surface area contributed by atoms with Gasteiger partial charge in [0.15, 0.2) is 5.82 Å². The Morgan fingerprint density at radius 2 is 1.52 bits per heavy atom. The van der Waals surface area contributed by atoms with Crippen LogP contribution in [-0.4, -0.2) is 49.1 Å². The van der Waals surface area contributed by atoms with Gasteiger partial charge in [-0.15, -0.1) is 0 Å². The molecular formula is C20H22N4O2S. The fourth-order valence-electron chi connectivity index (χ4n) is 3.31. The van der Waals surface area contributed by atoms with Gasteiger partial charge in [0.05, 0.1) is 11.4 Å². The van der Waals surface area contributed by atoms with Gasteiger partial charge in [-0.25, -0.2) is 8.42 Å². The quantitative estimate of drug-likeness (QED) is 0.737. The number of rotatable bonds is 5. The summed E-state index contributed by atoms with van der Waals surface area (Å²) in [6.07, 6.45) is 0. The monoisotopic (exact) mass is 382 g/mol. The van der Waals surface area contributed by atoms with Crippen molar-refractivity contribution in [3.05, 3.63) is 72.3 Å². The van der Waals surface area contributed by atoms with Crippen LogP contribution in [0.1, 0.15) is 5.56 Å². The van der Waals surface area contributed by atoms with Gasteiger partial charge in [0.1, 0.15) is 0 Å². The molecule has 0 saturated carbocycles. The molecule has 0 aliphatic carbocycles. The summed E-state index contributed by atoms with van der Waals surface area (Å²) in [5.41, 5.74) is 2.87. The van der Waals surface area contributed by atoms with Gasteiger partial charge in [-0.2, -0.15) is 9.40 Å². The van der Waals surface area contributed by atoms with Crippen LogP contribution in [0.15, 0.2) is 66.7 Å². The Hall–Kier alpha value is -2.64. The third kappa shape index (κ3) is 4.04. The molecule has 7 heteroatoms. The predicted molar refractivity (Wildman–Crippen MR) is 107 cm³/mol. The third-order valence-corrected chi connectivity index (χ3v) is 6.65. The fourth-order valence-corrected chi connectivity index (χ4v) is 4.83. The Labute approximate surface area is 159 Å².